The molecule has 0 aromatic rings. The van der Waals surface area contributed by atoms with Gasteiger partial charge in [0.2, 0.25) is 11.8 Å². The van der Waals surface area contributed by atoms with E-state index < -0.39 is 11.7 Å². The van der Waals surface area contributed by atoms with Crippen molar-refractivity contribution < 1.29 is 19.8 Å². The Morgan fingerprint density at radius 2 is 1.71 bits per heavy atom. The van der Waals surface area contributed by atoms with E-state index in [2.05, 4.69) is 47.6 Å². The molecule has 2 amide bonds. The number of amides is 2. The van der Waals surface area contributed by atoms with Crippen molar-refractivity contribution in [2.75, 3.05) is 6.54 Å². The van der Waals surface area contributed by atoms with Crippen LogP contribution in [0.4, 0.5) is 0 Å². The molecule has 0 bridgehead atoms. The molecule has 0 aromatic heterocycles. The average molecular weight is 569 g/mol. The van der Waals surface area contributed by atoms with E-state index in [0.29, 0.717) is 54.8 Å². The van der Waals surface area contributed by atoms with Gasteiger partial charge in [-0.05, 0) is 124 Å². The average Bonchev–Trinajstić information content (AvgIpc) is 3.56. The van der Waals surface area contributed by atoms with Crippen LogP contribution in [-0.2, 0) is 9.59 Å². The number of hydrogen-bond acceptors (Lipinski definition) is 6. The third kappa shape index (κ3) is 5.95. The number of aliphatic hydroxyl groups is 2. The molecule has 0 radical (unpaired) electrons. The Morgan fingerprint density at radius 1 is 1.00 bits per heavy atom. The standard InChI is InChI=1S/C33H52N4O4/c1-6-17-34-30(41)26(13-16-33(5)36-37-33)35-28(40)10-7-20(2)23-8-9-24-29-25(12-15-32(23,24)4)31(3)14-11-22(38)18-21(31)19-27(29)39/h1,20-27,29,38-39H,7-19H2,2-5H3,(H,34,41)(H,35,40)/t20-,21+,22-,23-,24+,25?,26?,27?,29?,31+,32-/m1/s1. The van der Waals surface area contributed by atoms with Crippen LogP contribution in [0.2, 0.25) is 0 Å². The summed E-state index contributed by atoms with van der Waals surface area (Å²) in [5, 5.41) is 35.6. The largest absolute Gasteiger partial charge is 0.393 e. The van der Waals surface area contributed by atoms with Crippen LogP contribution in [0.5, 0.6) is 0 Å². The molecule has 1 heterocycles. The minimum absolute atomic E-state index is 0.0999. The molecular weight excluding hydrogens is 516 g/mol. The Kier molecular flexibility index (Phi) is 8.62. The van der Waals surface area contributed by atoms with Gasteiger partial charge in [0, 0.05) is 6.42 Å². The zero-order valence-corrected chi connectivity index (χ0v) is 25.6. The first-order valence-electron chi connectivity index (χ1n) is 16.2. The van der Waals surface area contributed by atoms with E-state index in [1.807, 2.05) is 6.92 Å². The monoisotopic (exact) mass is 568 g/mol. The van der Waals surface area contributed by atoms with Crippen LogP contribution in [0, 0.1) is 58.7 Å². The minimum atomic E-state index is -0.642. The van der Waals surface area contributed by atoms with Crippen molar-refractivity contribution in [3.05, 3.63) is 0 Å². The third-order valence-electron chi connectivity index (χ3n) is 12.6. The van der Waals surface area contributed by atoms with E-state index in [9.17, 15) is 19.8 Å². The summed E-state index contributed by atoms with van der Waals surface area (Å²) in [4.78, 5) is 25.7. The molecule has 8 heteroatoms. The van der Waals surface area contributed by atoms with Gasteiger partial charge in [-0.3, -0.25) is 9.59 Å². The lowest BCUT2D eigenvalue weighted by Gasteiger charge is -2.62. The Bertz CT molecular complexity index is 1070. The Balaban J connectivity index is 1.18. The lowest BCUT2D eigenvalue weighted by atomic mass is 9.43. The van der Waals surface area contributed by atoms with Crippen molar-refractivity contribution in [2.24, 2.45) is 56.6 Å². The smallest absolute Gasteiger partial charge is 0.243 e. The van der Waals surface area contributed by atoms with Crippen LogP contribution in [-0.4, -0.2) is 52.5 Å². The summed E-state index contributed by atoms with van der Waals surface area (Å²) in [5.41, 5.74) is -0.0198. The van der Waals surface area contributed by atoms with E-state index in [1.165, 1.54) is 6.42 Å². The summed E-state index contributed by atoms with van der Waals surface area (Å²) < 4.78 is 0. The molecule has 8 nitrogen and oxygen atoms in total. The number of nitrogens with one attached hydrogen (secondary N) is 2. The van der Waals surface area contributed by atoms with Crippen LogP contribution < -0.4 is 10.6 Å². The maximum Gasteiger partial charge on any atom is 0.243 e. The molecule has 4 fully saturated rings. The molecule has 0 spiro atoms. The second-order valence-corrected chi connectivity index (χ2v) is 15.0. The van der Waals surface area contributed by atoms with Gasteiger partial charge in [0.25, 0.3) is 0 Å². The molecule has 5 rings (SSSR count). The van der Waals surface area contributed by atoms with E-state index in [1.54, 1.807) is 0 Å². The highest BCUT2D eigenvalue weighted by atomic mass is 16.3. The number of aliphatic hydroxyl groups excluding tert-OH is 2. The molecular formula is C33H52N4O4. The number of hydrogen-bond donors (Lipinski definition) is 4. The van der Waals surface area contributed by atoms with Crippen molar-refractivity contribution >= 4 is 11.8 Å². The summed E-state index contributed by atoms with van der Waals surface area (Å²) >= 11 is 0. The van der Waals surface area contributed by atoms with E-state index in [0.717, 1.165) is 51.4 Å². The highest BCUT2D eigenvalue weighted by molar-refractivity contribution is 5.87. The number of carbonyl (C=O) groups is 2. The number of rotatable bonds is 10. The van der Waals surface area contributed by atoms with Gasteiger partial charge in [0.15, 0.2) is 5.66 Å². The molecule has 4 N–H and O–H groups in total. The molecule has 1 aliphatic heterocycles. The lowest BCUT2D eigenvalue weighted by Crippen LogP contribution is -2.58. The minimum Gasteiger partial charge on any atom is -0.393 e. The molecule has 0 aromatic carbocycles. The molecule has 11 atom stereocenters. The number of terminal acetylenes is 1. The summed E-state index contributed by atoms with van der Waals surface area (Å²) in [7, 11) is 0. The van der Waals surface area contributed by atoms with Crippen molar-refractivity contribution in [2.45, 2.75) is 129 Å². The predicted octanol–water partition coefficient (Wildman–Crippen LogP) is 4.59. The second kappa shape index (κ2) is 11.6. The fourth-order valence-electron chi connectivity index (χ4n) is 10.1. The zero-order chi connectivity index (χ0) is 29.6. The fraction of sp³-hybridized carbons (Fsp3) is 0.879. The Morgan fingerprint density at radius 3 is 2.41 bits per heavy atom. The predicted molar refractivity (Wildman–Crippen MR) is 157 cm³/mol. The fourth-order valence-corrected chi connectivity index (χ4v) is 10.1. The molecule has 5 aliphatic rings. The van der Waals surface area contributed by atoms with Gasteiger partial charge in [-0.15, -0.1) is 6.42 Å². The van der Waals surface area contributed by atoms with Crippen LogP contribution in [0.1, 0.15) is 105 Å². The van der Waals surface area contributed by atoms with Gasteiger partial charge < -0.3 is 20.8 Å². The molecule has 4 saturated carbocycles. The molecule has 41 heavy (non-hydrogen) atoms. The number of carbonyl (C=O) groups excluding carboxylic acids is 2. The Labute approximate surface area is 246 Å². The third-order valence-corrected chi connectivity index (χ3v) is 12.6. The van der Waals surface area contributed by atoms with Gasteiger partial charge in [-0.1, -0.05) is 26.7 Å². The summed E-state index contributed by atoms with van der Waals surface area (Å²) in [6, 6.07) is -0.642. The lowest BCUT2D eigenvalue weighted by molar-refractivity contribution is -0.174. The highest BCUT2D eigenvalue weighted by Gasteiger charge is 2.62. The van der Waals surface area contributed by atoms with Crippen LogP contribution in [0.15, 0.2) is 10.2 Å². The van der Waals surface area contributed by atoms with Crippen LogP contribution >= 0.6 is 0 Å². The van der Waals surface area contributed by atoms with Gasteiger partial charge in [-0.25, -0.2) is 0 Å². The molecule has 4 unspecified atom stereocenters. The number of fused-ring (bicyclic) bond motifs is 5. The highest BCUT2D eigenvalue weighted by Crippen LogP contribution is 2.68. The van der Waals surface area contributed by atoms with Gasteiger partial charge in [0.1, 0.15) is 6.04 Å². The van der Waals surface area contributed by atoms with E-state index >= 15 is 0 Å². The van der Waals surface area contributed by atoms with Crippen molar-refractivity contribution in [3.63, 3.8) is 0 Å². The van der Waals surface area contributed by atoms with E-state index in [4.69, 9.17) is 6.42 Å². The van der Waals surface area contributed by atoms with Gasteiger partial charge in [-0.2, -0.15) is 10.2 Å². The first kappa shape index (κ1) is 30.5. The summed E-state index contributed by atoms with van der Waals surface area (Å²) in [6.45, 7) is 9.27. The zero-order valence-electron chi connectivity index (χ0n) is 25.6. The van der Waals surface area contributed by atoms with Crippen molar-refractivity contribution in [1.82, 2.24) is 10.6 Å². The SMILES string of the molecule is C#CCNC(=O)C(CCC1(C)N=N1)NC(=O)CC[C@@H](C)[C@H]1CC[C@H]2C3C(O)C[C@@H]4C[C@H](O)CC[C@]4(C)C3CC[C@]12C. The van der Waals surface area contributed by atoms with E-state index in [-0.39, 0.29) is 41.4 Å². The summed E-state index contributed by atoms with van der Waals surface area (Å²) in [5.74, 6) is 4.81. The van der Waals surface area contributed by atoms with Gasteiger partial charge in [0.05, 0.1) is 18.8 Å². The first-order valence-corrected chi connectivity index (χ1v) is 16.2. The molecule has 228 valence electrons. The Hall–Kier alpha value is -1.98. The topological polar surface area (TPSA) is 123 Å². The van der Waals surface area contributed by atoms with Crippen molar-refractivity contribution in [3.8, 4) is 12.3 Å². The van der Waals surface area contributed by atoms with Crippen LogP contribution in [0.25, 0.3) is 0 Å². The number of nitrogens with zero attached hydrogens (tertiary/aromatic N) is 2. The summed E-state index contributed by atoms with van der Waals surface area (Å²) in [6.07, 6.45) is 15.4. The first-order chi connectivity index (χ1) is 19.4. The molecule has 4 aliphatic carbocycles. The second-order valence-electron chi connectivity index (χ2n) is 15.0. The van der Waals surface area contributed by atoms with Gasteiger partial charge >= 0.3 is 0 Å². The van der Waals surface area contributed by atoms with Crippen LogP contribution in [0.3, 0.4) is 0 Å². The maximum absolute atomic E-state index is 13.0. The van der Waals surface area contributed by atoms with Crippen molar-refractivity contribution in [1.29, 1.82) is 0 Å². The molecule has 0 saturated heterocycles. The maximum atomic E-state index is 13.0. The normalized spacial score (nSPS) is 41.6. The quantitative estimate of drug-likeness (QED) is 0.288.